The molecule has 21 heavy (non-hydrogen) atoms. The van der Waals surface area contributed by atoms with Crippen LogP contribution in [0.15, 0.2) is 42.0 Å². The Labute approximate surface area is 122 Å². The zero-order valence-corrected chi connectivity index (χ0v) is 11.5. The number of rotatable bonds is 5. The first kappa shape index (κ1) is 14.9. The van der Waals surface area contributed by atoms with Gasteiger partial charge in [-0.1, -0.05) is 23.8 Å². The highest BCUT2D eigenvalue weighted by Crippen LogP contribution is 2.18. The SMILES string of the molecule is O=C(/C=C/c1ccccc1[N+](=O)[O-])NCC1=CCNCC1. The van der Waals surface area contributed by atoms with E-state index < -0.39 is 4.92 Å². The van der Waals surface area contributed by atoms with Gasteiger partial charge < -0.3 is 10.6 Å². The number of nitrogens with zero attached hydrogens (tertiary/aromatic N) is 1. The number of nitro benzene ring substituents is 1. The topological polar surface area (TPSA) is 84.3 Å². The minimum atomic E-state index is -0.461. The molecule has 1 amide bonds. The van der Waals surface area contributed by atoms with Crippen LogP contribution in [0.25, 0.3) is 6.08 Å². The Hall–Kier alpha value is -2.47. The van der Waals surface area contributed by atoms with Crippen molar-refractivity contribution in [2.45, 2.75) is 6.42 Å². The molecular weight excluding hydrogens is 270 g/mol. The molecule has 0 spiro atoms. The summed E-state index contributed by atoms with van der Waals surface area (Å²) in [5, 5.41) is 16.8. The Morgan fingerprint density at radius 3 is 2.95 bits per heavy atom. The number of hydrogen-bond acceptors (Lipinski definition) is 4. The van der Waals surface area contributed by atoms with Gasteiger partial charge in [-0.05, 0) is 25.1 Å². The lowest BCUT2D eigenvalue weighted by molar-refractivity contribution is -0.385. The minimum Gasteiger partial charge on any atom is -0.349 e. The van der Waals surface area contributed by atoms with Crippen LogP contribution in [0.3, 0.4) is 0 Å². The number of carbonyl (C=O) groups excluding carboxylic acids is 1. The quantitative estimate of drug-likeness (QED) is 0.373. The fraction of sp³-hybridized carbons (Fsp3) is 0.267. The molecule has 0 aliphatic carbocycles. The maximum absolute atomic E-state index is 11.7. The van der Waals surface area contributed by atoms with Crippen LogP contribution in [0.2, 0.25) is 0 Å². The summed E-state index contributed by atoms with van der Waals surface area (Å²) in [7, 11) is 0. The second-order valence-electron chi connectivity index (χ2n) is 4.68. The fourth-order valence-electron chi connectivity index (χ4n) is 2.05. The number of carbonyl (C=O) groups is 1. The summed E-state index contributed by atoms with van der Waals surface area (Å²) in [6.07, 6.45) is 5.78. The van der Waals surface area contributed by atoms with Crippen LogP contribution in [0.4, 0.5) is 5.69 Å². The van der Waals surface area contributed by atoms with Crippen molar-refractivity contribution in [2.24, 2.45) is 0 Å². The molecule has 1 aromatic carbocycles. The molecule has 0 saturated heterocycles. The van der Waals surface area contributed by atoms with Gasteiger partial charge in [0.1, 0.15) is 0 Å². The first-order valence-electron chi connectivity index (χ1n) is 6.75. The van der Waals surface area contributed by atoms with Crippen LogP contribution in [0.5, 0.6) is 0 Å². The van der Waals surface area contributed by atoms with Gasteiger partial charge in [0.2, 0.25) is 5.91 Å². The second kappa shape index (κ2) is 7.35. The third kappa shape index (κ3) is 4.54. The Bertz CT molecular complexity index is 594. The lowest BCUT2D eigenvalue weighted by Crippen LogP contribution is -2.28. The lowest BCUT2D eigenvalue weighted by atomic mass is 10.1. The third-order valence-corrected chi connectivity index (χ3v) is 3.20. The van der Waals surface area contributed by atoms with Gasteiger partial charge in [0, 0.05) is 25.2 Å². The first-order valence-corrected chi connectivity index (χ1v) is 6.75. The van der Waals surface area contributed by atoms with E-state index in [2.05, 4.69) is 16.7 Å². The van der Waals surface area contributed by atoms with Gasteiger partial charge in [0.05, 0.1) is 10.5 Å². The van der Waals surface area contributed by atoms with Crippen LogP contribution < -0.4 is 10.6 Å². The van der Waals surface area contributed by atoms with Crippen LogP contribution in [-0.2, 0) is 4.79 Å². The second-order valence-corrected chi connectivity index (χ2v) is 4.68. The Morgan fingerprint density at radius 2 is 2.24 bits per heavy atom. The van der Waals surface area contributed by atoms with Gasteiger partial charge in [-0.2, -0.15) is 0 Å². The number of hydrogen-bond donors (Lipinski definition) is 2. The standard InChI is InChI=1S/C15H17N3O3/c19-15(17-11-12-7-9-16-10-8-12)6-5-13-3-1-2-4-14(13)18(20)21/h1-7,16H,8-11H2,(H,17,19)/b6-5+. The van der Waals surface area contributed by atoms with E-state index in [1.807, 2.05) is 0 Å². The van der Waals surface area contributed by atoms with Crippen molar-refractivity contribution in [3.8, 4) is 0 Å². The van der Waals surface area contributed by atoms with E-state index in [1.54, 1.807) is 18.2 Å². The molecule has 1 aliphatic heterocycles. The minimum absolute atomic E-state index is 0.0115. The molecule has 0 unspecified atom stereocenters. The maximum Gasteiger partial charge on any atom is 0.276 e. The van der Waals surface area contributed by atoms with Gasteiger partial charge in [-0.3, -0.25) is 14.9 Å². The smallest absolute Gasteiger partial charge is 0.276 e. The van der Waals surface area contributed by atoms with E-state index in [-0.39, 0.29) is 11.6 Å². The normalized spacial score (nSPS) is 14.8. The van der Waals surface area contributed by atoms with Crippen molar-refractivity contribution in [1.82, 2.24) is 10.6 Å². The molecule has 6 nitrogen and oxygen atoms in total. The van der Waals surface area contributed by atoms with Crippen molar-refractivity contribution in [3.63, 3.8) is 0 Å². The van der Waals surface area contributed by atoms with E-state index in [9.17, 15) is 14.9 Å². The first-order chi connectivity index (χ1) is 10.2. The highest BCUT2D eigenvalue weighted by Gasteiger charge is 2.10. The predicted molar refractivity (Wildman–Crippen MR) is 80.7 cm³/mol. The number of amides is 1. The zero-order valence-electron chi connectivity index (χ0n) is 11.5. The summed E-state index contributed by atoms with van der Waals surface area (Å²) in [6.45, 7) is 2.27. The number of nitrogens with one attached hydrogen (secondary N) is 2. The van der Waals surface area contributed by atoms with E-state index in [0.29, 0.717) is 12.1 Å². The average Bonchev–Trinajstić information content (AvgIpc) is 2.52. The van der Waals surface area contributed by atoms with Gasteiger partial charge in [-0.15, -0.1) is 0 Å². The Kier molecular flexibility index (Phi) is 5.22. The van der Waals surface area contributed by atoms with Crippen molar-refractivity contribution in [3.05, 3.63) is 57.7 Å². The van der Waals surface area contributed by atoms with Crippen LogP contribution in [0, 0.1) is 10.1 Å². The monoisotopic (exact) mass is 287 g/mol. The van der Waals surface area contributed by atoms with E-state index >= 15 is 0 Å². The van der Waals surface area contributed by atoms with Gasteiger partial charge in [0.25, 0.3) is 5.69 Å². The van der Waals surface area contributed by atoms with E-state index in [1.165, 1.54) is 23.8 Å². The lowest BCUT2D eigenvalue weighted by Gasteiger charge is -2.13. The Balaban J connectivity index is 1.93. The molecule has 0 atom stereocenters. The van der Waals surface area contributed by atoms with Crippen LogP contribution in [0.1, 0.15) is 12.0 Å². The molecule has 0 bridgehead atoms. The summed E-state index contributed by atoms with van der Waals surface area (Å²) in [4.78, 5) is 22.1. The number of nitro groups is 1. The van der Waals surface area contributed by atoms with E-state index in [4.69, 9.17) is 0 Å². The molecule has 2 rings (SSSR count). The fourth-order valence-corrected chi connectivity index (χ4v) is 2.05. The highest BCUT2D eigenvalue weighted by atomic mass is 16.6. The van der Waals surface area contributed by atoms with Gasteiger partial charge in [0.15, 0.2) is 0 Å². The van der Waals surface area contributed by atoms with E-state index in [0.717, 1.165) is 19.5 Å². The summed E-state index contributed by atoms with van der Waals surface area (Å²) in [6, 6.07) is 6.32. The Morgan fingerprint density at radius 1 is 1.43 bits per heavy atom. The molecular formula is C15H17N3O3. The van der Waals surface area contributed by atoms with Gasteiger partial charge >= 0.3 is 0 Å². The molecule has 0 aromatic heterocycles. The van der Waals surface area contributed by atoms with Gasteiger partial charge in [-0.25, -0.2) is 0 Å². The van der Waals surface area contributed by atoms with Crippen molar-refractivity contribution in [1.29, 1.82) is 0 Å². The summed E-state index contributed by atoms with van der Waals surface area (Å²) >= 11 is 0. The molecule has 1 aliphatic rings. The van der Waals surface area contributed by atoms with Crippen molar-refractivity contribution >= 4 is 17.7 Å². The summed E-state index contributed by atoms with van der Waals surface area (Å²) in [5.74, 6) is -0.257. The van der Waals surface area contributed by atoms with Crippen molar-refractivity contribution in [2.75, 3.05) is 19.6 Å². The number of benzene rings is 1. The molecule has 1 aromatic rings. The molecule has 6 heteroatoms. The molecule has 2 N–H and O–H groups in total. The average molecular weight is 287 g/mol. The number of para-hydroxylation sites is 1. The molecule has 0 saturated carbocycles. The predicted octanol–water partition coefficient (Wildman–Crippen LogP) is 1.64. The zero-order chi connectivity index (χ0) is 15.1. The van der Waals surface area contributed by atoms with Crippen LogP contribution in [-0.4, -0.2) is 30.5 Å². The molecule has 1 heterocycles. The summed E-state index contributed by atoms with van der Waals surface area (Å²) < 4.78 is 0. The molecule has 110 valence electrons. The molecule has 0 fully saturated rings. The molecule has 0 radical (unpaired) electrons. The van der Waals surface area contributed by atoms with Crippen molar-refractivity contribution < 1.29 is 9.72 Å². The summed E-state index contributed by atoms with van der Waals surface area (Å²) in [5.41, 5.74) is 1.60. The van der Waals surface area contributed by atoms with Crippen LogP contribution >= 0.6 is 0 Å². The largest absolute Gasteiger partial charge is 0.349 e. The third-order valence-electron chi connectivity index (χ3n) is 3.20. The maximum atomic E-state index is 11.7. The highest BCUT2D eigenvalue weighted by molar-refractivity contribution is 5.92.